The Labute approximate surface area is 216 Å². The Kier molecular flexibility index (Phi) is 8.83. The van der Waals surface area contributed by atoms with E-state index in [-0.39, 0.29) is 17.5 Å². The molecule has 1 atom stereocenters. The zero-order valence-corrected chi connectivity index (χ0v) is 21.8. The average molecular weight is 507 g/mol. The van der Waals surface area contributed by atoms with Crippen molar-refractivity contribution in [3.05, 3.63) is 87.3 Å². The molecule has 0 bridgehead atoms. The number of carbonyl (C=O) groups excluding carboxylic acids is 1. The fourth-order valence-corrected chi connectivity index (χ4v) is 5.60. The number of carbonyl (C=O) groups is 1. The first kappa shape index (κ1) is 26.0. The smallest absolute Gasteiger partial charge is 0.258 e. The van der Waals surface area contributed by atoms with Gasteiger partial charge in [-0.2, -0.15) is 0 Å². The highest BCUT2D eigenvalue weighted by molar-refractivity contribution is 7.99. The Morgan fingerprint density at radius 3 is 2.61 bits per heavy atom. The molecule has 7 nitrogen and oxygen atoms in total. The van der Waals surface area contributed by atoms with E-state index in [0.29, 0.717) is 61.5 Å². The van der Waals surface area contributed by atoms with E-state index in [1.807, 2.05) is 42.2 Å². The van der Waals surface area contributed by atoms with Crippen molar-refractivity contribution in [2.45, 2.75) is 50.4 Å². The molecular formula is C28H34N4O3S. The molecule has 3 aromatic rings. The van der Waals surface area contributed by atoms with Crippen molar-refractivity contribution in [3.63, 3.8) is 0 Å². The van der Waals surface area contributed by atoms with Crippen LogP contribution in [0, 0.1) is 0 Å². The van der Waals surface area contributed by atoms with E-state index in [1.165, 1.54) is 0 Å². The van der Waals surface area contributed by atoms with E-state index in [9.17, 15) is 9.59 Å². The summed E-state index contributed by atoms with van der Waals surface area (Å²) in [5.74, 6) is 1.53. The Hall–Kier alpha value is -3.10. The van der Waals surface area contributed by atoms with Gasteiger partial charge >= 0.3 is 0 Å². The quantitative estimate of drug-likeness (QED) is 0.413. The molecule has 1 aliphatic rings. The summed E-state index contributed by atoms with van der Waals surface area (Å²) >= 11 is 1.61. The van der Waals surface area contributed by atoms with Gasteiger partial charge in [-0.1, -0.05) is 49.0 Å². The second-order valence-electron chi connectivity index (χ2n) is 8.87. The number of nitrogens with two attached hydrogens (primary N) is 1. The molecule has 8 heteroatoms. The number of thioether (sulfide) groups is 1. The van der Waals surface area contributed by atoms with Crippen molar-refractivity contribution in [1.29, 1.82) is 0 Å². The minimum Gasteiger partial charge on any atom is -0.497 e. The topological polar surface area (TPSA) is 90.5 Å². The van der Waals surface area contributed by atoms with Gasteiger partial charge in [0.1, 0.15) is 5.75 Å². The SMILES string of the molecule is CCC(c1nc2n(c(=O)c1Cc1ccccc1)CCCS2)N(CCCN)C(=O)c1ccc(OC)cc1. The van der Waals surface area contributed by atoms with E-state index in [4.69, 9.17) is 15.5 Å². The molecule has 2 heterocycles. The molecule has 0 fully saturated rings. The maximum absolute atomic E-state index is 13.8. The summed E-state index contributed by atoms with van der Waals surface area (Å²) in [5.41, 5.74) is 8.84. The lowest BCUT2D eigenvalue weighted by Crippen LogP contribution is -2.39. The van der Waals surface area contributed by atoms with Crippen molar-refractivity contribution >= 4 is 17.7 Å². The highest BCUT2D eigenvalue weighted by Gasteiger charge is 2.31. The van der Waals surface area contributed by atoms with Crippen LogP contribution in [0.3, 0.4) is 0 Å². The van der Waals surface area contributed by atoms with Crippen LogP contribution in [0.1, 0.15) is 59.4 Å². The predicted octanol–water partition coefficient (Wildman–Crippen LogP) is 4.28. The average Bonchev–Trinajstić information content (AvgIpc) is 2.93. The number of nitrogens with zero attached hydrogens (tertiary/aromatic N) is 3. The molecule has 1 unspecified atom stereocenters. The summed E-state index contributed by atoms with van der Waals surface area (Å²) in [6.45, 7) is 3.67. The van der Waals surface area contributed by atoms with E-state index >= 15 is 0 Å². The third-order valence-electron chi connectivity index (χ3n) is 6.52. The number of amides is 1. The number of benzene rings is 2. The molecule has 2 aromatic carbocycles. The molecular weight excluding hydrogens is 472 g/mol. The summed E-state index contributed by atoms with van der Waals surface area (Å²) in [5, 5.41) is 0.743. The van der Waals surface area contributed by atoms with Crippen molar-refractivity contribution < 1.29 is 9.53 Å². The molecule has 0 aliphatic carbocycles. The second-order valence-corrected chi connectivity index (χ2v) is 9.93. The van der Waals surface area contributed by atoms with Gasteiger partial charge in [-0.25, -0.2) is 4.98 Å². The Morgan fingerprint density at radius 2 is 1.94 bits per heavy atom. The molecule has 36 heavy (non-hydrogen) atoms. The first-order chi connectivity index (χ1) is 17.6. The lowest BCUT2D eigenvalue weighted by Gasteiger charge is -2.33. The van der Waals surface area contributed by atoms with Gasteiger partial charge in [-0.3, -0.25) is 14.2 Å². The largest absolute Gasteiger partial charge is 0.497 e. The van der Waals surface area contributed by atoms with Crippen molar-refractivity contribution in [2.24, 2.45) is 5.73 Å². The van der Waals surface area contributed by atoms with Gasteiger partial charge in [-0.05, 0) is 55.6 Å². The first-order valence-electron chi connectivity index (χ1n) is 12.5. The summed E-state index contributed by atoms with van der Waals surface area (Å²) in [7, 11) is 1.60. The van der Waals surface area contributed by atoms with Crippen molar-refractivity contribution in [1.82, 2.24) is 14.5 Å². The van der Waals surface area contributed by atoms with Crippen LogP contribution in [-0.4, -0.2) is 46.3 Å². The van der Waals surface area contributed by atoms with Crippen LogP contribution >= 0.6 is 11.8 Å². The maximum atomic E-state index is 13.8. The van der Waals surface area contributed by atoms with E-state index < -0.39 is 0 Å². The number of hydrogen-bond acceptors (Lipinski definition) is 6. The van der Waals surface area contributed by atoms with Crippen LogP contribution in [0.4, 0.5) is 0 Å². The van der Waals surface area contributed by atoms with Crippen LogP contribution in [0.15, 0.2) is 64.5 Å². The van der Waals surface area contributed by atoms with Crippen LogP contribution < -0.4 is 16.0 Å². The number of rotatable bonds is 10. The number of aromatic nitrogens is 2. The molecule has 2 N–H and O–H groups in total. The van der Waals surface area contributed by atoms with Crippen LogP contribution in [0.2, 0.25) is 0 Å². The Bertz CT molecular complexity index is 1230. The Balaban J connectivity index is 1.81. The molecule has 0 saturated heterocycles. The van der Waals surface area contributed by atoms with E-state index in [1.54, 1.807) is 47.7 Å². The fraction of sp³-hybridized carbons (Fsp3) is 0.393. The molecule has 1 aliphatic heterocycles. The monoisotopic (exact) mass is 506 g/mol. The van der Waals surface area contributed by atoms with Gasteiger partial charge in [0.25, 0.3) is 11.5 Å². The zero-order chi connectivity index (χ0) is 25.5. The van der Waals surface area contributed by atoms with E-state index in [2.05, 4.69) is 0 Å². The molecule has 190 valence electrons. The van der Waals surface area contributed by atoms with Crippen molar-refractivity contribution in [3.8, 4) is 5.75 Å². The Morgan fingerprint density at radius 1 is 1.19 bits per heavy atom. The van der Waals surface area contributed by atoms with Crippen LogP contribution in [0.25, 0.3) is 0 Å². The lowest BCUT2D eigenvalue weighted by atomic mass is 9.97. The molecule has 0 spiro atoms. The highest BCUT2D eigenvalue weighted by Crippen LogP contribution is 2.31. The van der Waals surface area contributed by atoms with Gasteiger partial charge in [0, 0.05) is 36.4 Å². The number of ether oxygens (including phenoxy) is 1. The third-order valence-corrected chi connectivity index (χ3v) is 7.58. The van der Waals surface area contributed by atoms with Crippen LogP contribution in [0.5, 0.6) is 5.75 Å². The van der Waals surface area contributed by atoms with Gasteiger partial charge in [-0.15, -0.1) is 0 Å². The first-order valence-corrected chi connectivity index (χ1v) is 13.5. The fourth-order valence-electron chi connectivity index (χ4n) is 4.65. The van der Waals surface area contributed by atoms with Gasteiger partial charge in [0.2, 0.25) is 0 Å². The number of methoxy groups -OCH3 is 1. The second kappa shape index (κ2) is 12.2. The summed E-state index contributed by atoms with van der Waals surface area (Å²) in [6, 6.07) is 16.8. The molecule has 0 radical (unpaired) electrons. The maximum Gasteiger partial charge on any atom is 0.258 e. The molecule has 1 aromatic heterocycles. The van der Waals surface area contributed by atoms with Gasteiger partial charge in [0.05, 0.1) is 18.8 Å². The molecule has 1 amide bonds. The lowest BCUT2D eigenvalue weighted by molar-refractivity contribution is 0.0662. The molecule has 4 rings (SSSR count). The number of hydrogen-bond donors (Lipinski definition) is 1. The van der Waals surface area contributed by atoms with Gasteiger partial charge in [0.15, 0.2) is 5.16 Å². The summed E-state index contributed by atoms with van der Waals surface area (Å²) in [6.07, 6.45) is 2.71. The summed E-state index contributed by atoms with van der Waals surface area (Å²) < 4.78 is 7.06. The number of fused-ring (bicyclic) bond motifs is 1. The van der Waals surface area contributed by atoms with Crippen molar-refractivity contribution in [2.75, 3.05) is 26.0 Å². The van der Waals surface area contributed by atoms with Gasteiger partial charge < -0.3 is 15.4 Å². The minimum atomic E-state index is -0.342. The highest BCUT2D eigenvalue weighted by atomic mass is 32.2. The summed E-state index contributed by atoms with van der Waals surface area (Å²) in [4.78, 5) is 34.5. The standard InChI is InChI=1S/C28H34N4O3S/c1-3-24(31(16-7-15-29)26(33)21-11-13-22(35-2)14-12-21)25-23(19-20-9-5-4-6-10-20)27(34)32-17-8-18-36-28(32)30-25/h4-6,9-14,24H,3,7-8,15-19,29H2,1-2H3. The van der Waals surface area contributed by atoms with Crippen LogP contribution in [-0.2, 0) is 13.0 Å². The molecule has 0 saturated carbocycles. The normalized spacial score (nSPS) is 13.6. The minimum absolute atomic E-state index is 0.000161. The third kappa shape index (κ3) is 5.65. The zero-order valence-electron chi connectivity index (χ0n) is 21.0. The van der Waals surface area contributed by atoms with E-state index in [0.717, 1.165) is 22.9 Å². The predicted molar refractivity (Wildman–Crippen MR) is 144 cm³/mol.